The fourth-order valence-electron chi connectivity index (χ4n) is 5.86. The Morgan fingerprint density at radius 1 is 1.05 bits per heavy atom. The maximum absolute atomic E-state index is 13.9. The number of carbonyl (C=O) groups is 3. The number of esters is 1. The lowest BCUT2D eigenvalue weighted by molar-refractivity contribution is -0.145. The van der Waals surface area contributed by atoms with Crippen molar-refractivity contribution in [1.29, 1.82) is 0 Å². The Morgan fingerprint density at radius 3 is 2.46 bits per heavy atom. The van der Waals surface area contributed by atoms with E-state index >= 15 is 0 Å². The Kier molecular flexibility index (Phi) is 7.30. The molecule has 2 aromatic rings. The molecule has 1 aliphatic carbocycles. The molecule has 3 aliphatic rings. The van der Waals surface area contributed by atoms with E-state index in [-0.39, 0.29) is 41.8 Å². The molecule has 0 spiro atoms. The Morgan fingerprint density at radius 2 is 1.78 bits per heavy atom. The lowest BCUT2D eigenvalue weighted by atomic mass is 9.76. The summed E-state index contributed by atoms with van der Waals surface area (Å²) >= 11 is 0. The third kappa shape index (κ3) is 4.99. The number of hydrogen-bond acceptors (Lipinski definition) is 6. The predicted molar refractivity (Wildman–Crippen MR) is 133 cm³/mol. The molecule has 5 rings (SSSR count). The van der Waals surface area contributed by atoms with Crippen molar-refractivity contribution in [2.24, 2.45) is 5.92 Å². The van der Waals surface area contributed by atoms with Gasteiger partial charge in [0.25, 0.3) is 11.8 Å². The summed E-state index contributed by atoms with van der Waals surface area (Å²) < 4.78 is 24.1. The Bertz CT molecular complexity index is 1170. The van der Waals surface area contributed by atoms with Gasteiger partial charge in [-0.05, 0) is 49.6 Å². The monoisotopic (exact) mass is 509 g/mol. The highest BCUT2D eigenvalue weighted by atomic mass is 19.1. The predicted octanol–water partition coefficient (Wildman–Crippen LogP) is 3.59. The molecule has 37 heavy (non-hydrogen) atoms. The zero-order valence-electron chi connectivity index (χ0n) is 21.0. The molecule has 1 aromatic heterocycles. The second-order valence-corrected chi connectivity index (χ2v) is 9.76. The summed E-state index contributed by atoms with van der Waals surface area (Å²) in [4.78, 5) is 45.6. The molecule has 2 atom stereocenters. The van der Waals surface area contributed by atoms with Gasteiger partial charge in [0, 0.05) is 50.4 Å². The van der Waals surface area contributed by atoms with Crippen LogP contribution in [0.3, 0.4) is 0 Å². The average molecular weight is 510 g/mol. The molecular weight excluding hydrogens is 477 g/mol. The molecule has 2 unspecified atom stereocenters. The fourth-order valence-corrected chi connectivity index (χ4v) is 5.86. The van der Waals surface area contributed by atoms with E-state index in [9.17, 15) is 18.8 Å². The van der Waals surface area contributed by atoms with Crippen molar-refractivity contribution < 1.29 is 27.9 Å². The zero-order chi connectivity index (χ0) is 25.9. The minimum Gasteiger partial charge on any atom is -0.462 e. The van der Waals surface area contributed by atoms with Crippen molar-refractivity contribution in [1.82, 2.24) is 14.7 Å². The van der Waals surface area contributed by atoms with Crippen molar-refractivity contribution in [3.63, 3.8) is 0 Å². The van der Waals surface area contributed by atoms with E-state index in [0.717, 1.165) is 36.9 Å². The second-order valence-electron chi connectivity index (χ2n) is 9.76. The van der Waals surface area contributed by atoms with Crippen molar-refractivity contribution >= 4 is 17.8 Å². The summed E-state index contributed by atoms with van der Waals surface area (Å²) in [5.74, 6) is -1.14. The fraction of sp³-hybridized carbons (Fsp3) is 0.464. The number of benzene rings is 1. The van der Waals surface area contributed by atoms with Gasteiger partial charge in [0.05, 0.1) is 12.9 Å². The summed E-state index contributed by atoms with van der Waals surface area (Å²) in [6, 6.07) is 9.42. The summed E-state index contributed by atoms with van der Waals surface area (Å²) in [5.41, 5.74) is 1.67. The van der Waals surface area contributed by atoms with Crippen molar-refractivity contribution in [3.8, 4) is 0 Å². The lowest BCUT2D eigenvalue weighted by Gasteiger charge is -2.49. The van der Waals surface area contributed by atoms with Gasteiger partial charge < -0.3 is 23.9 Å². The number of furan rings is 1. The SMILES string of the molecule is CCOC(=O)C1=C(N2CCN(C(=O)c3ccco3)CC2)C2CCCCC2N(Cc2ccc(F)cc2)C1=O. The number of piperazine rings is 1. The molecule has 1 aromatic carbocycles. The number of ether oxygens (including phenoxy) is 1. The molecule has 8 nitrogen and oxygen atoms in total. The number of halogens is 1. The zero-order valence-corrected chi connectivity index (χ0v) is 21.0. The number of amides is 2. The molecule has 2 aliphatic heterocycles. The largest absolute Gasteiger partial charge is 0.462 e. The van der Waals surface area contributed by atoms with E-state index in [4.69, 9.17) is 9.15 Å². The number of fused-ring (bicyclic) bond motifs is 1. The standard InChI is InChI=1S/C28H32FN3O5/c1-2-36-28(35)24-25(30-13-15-31(16-14-30)26(33)23-8-5-17-37-23)21-6-3-4-7-22(21)32(27(24)34)18-19-9-11-20(29)12-10-19/h5,8-12,17,21-22H,2-4,6-7,13-16,18H2,1H3. The first-order valence-corrected chi connectivity index (χ1v) is 13.0. The van der Waals surface area contributed by atoms with E-state index in [2.05, 4.69) is 4.90 Å². The molecule has 3 heterocycles. The van der Waals surface area contributed by atoms with Gasteiger partial charge in [-0.25, -0.2) is 9.18 Å². The van der Waals surface area contributed by atoms with Gasteiger partial charge in [0.1, 0.15) is 11.4 Å². The molecule has 9 heteroatoms. The molecule has 0 bridgehead atoms. The first kappa shape index (κ1) is 25.0. The lowest BCUT2D eigenvalue weighted by Crippen LogP contribution is -2.57. The van der Waals surface area contributed by atoms with Gasteiger partial charge in [0.15, 0.2) is 5.76 Å². The van der Waals surface area contributed by atoms with E-state index in [1.807, 2.05) is 0 Å². The van der Waals surface area contributed by atoms with Crippen LogP contribution in [0.25, 0.3) is 0 Å². The minimum atomic E-state index is -0.607. The van der Waals surface area contributed by atoms with Gasteiger partial charge in [-0.3, -0.25) is 9.59 Å². The molecule has 2 fully saturated rings. The van der Waals surface area contributed by atoms with Gasteiger partial charge in [-0.2, -0.15) is 0 Å². The third-order valence-corrected chi connectivity index (χ3v) is 7.60. The Balaban J connectivity index is 1.45. The van der Waals surface area contributed by atoms with Gasteiger partial charge in [0.2, 0.25) is 0 Å². The topological polar surface area (TPSA) is 83.3 Å². The molecular formula is C28H32FN3O5. The Labute approximate surface area is 215 Å². The van der Waals surface area contributed by atoms with E-state index in [1.165, 1.54) is 18.4 Å². The maximum atomic E-state index is 13.9. The molecule has 1 saturated heterocycles. The van der Waals surface area contributed by atoms with Crippen LogP contribution in [0.1, 0.15) is 48.7 Å². The average Bonchev–Trinajstić information content (AvgIpc) is 3.46. The highest BCUT2D eigenvalue weighted by Gasteiger charge is 2.47. The van der Waals surface area contributed by atoms with E-state index in [1.54, 1.807) is 41.0 Å². The van der Waals surface area contributed by atoms with Crippen LogP contribution in [0, 0.1) is 11.7 Å². The minimum absolute atomic E-state index is 0.00127. The van der Waals surface area contributed by atoms with Gasteiger partial charge >= 0.3 is 5.97 Å². The van der Waals surface area contributed by atoms with E-state index < -0.39 is 5.97 Å². The summed E-state index contributed by atoms with van der Waals surface area (Å²) in [7, 11) is 0. The number of hydrogen-bond donors (Lipinski definition) is 0. The highest BCUT2D eigenvalue weighted by molar-refractivity contribution is 6.17. The van der Waals surface area contributed by atoms with Gasteiger partial charge in [-0.1, -0.05) is 25.0 Å². The number of nitrogens with zero attached hydrogens (tertiary/aromatic N) is 3. The van der Waals surface area contributed by atoms with Crippen LogP contribution in [0.15, 0.2) is 58.3 Å². The summed E-state index contributed by atoms with van der Waals surface area (Å²) in [6.07, 6.45) is 5.20. The van der Waals surface area contributed by atoms with E-state index in [0.29, 0.717) is 38.5 Å². The van der Waals surface area contributed by atoms with Crippen molar-refractivity contribution in [2.45, 2.75) is 45.2 Å². The van der Waals surface area contributed by atoms with Crippen LogP contribution < -0.4 is 0 Å². The van der Waals surface area contributed by atoms with Crippen LogP contribution in [0.2, 0.25) is 0 Å². The number of rotatable bonds is 6. The molecule has 1 saturated carbocycles. The number of carbonyl (C=O) groups excluding carboxylic acids is 3. The highest BCUT2D eigenvalue weighted by Crippen LogP contribution is 2.42. The third-order valence-electron chi connectivity index (χ3n) is 7.60. The Hall–Kier alpha value is -3.62. The smallest absolute Gasteiger partial charge is 0.345 e. The quantitative estimate of drug-likeness (QED) is 0.437. The molecule has 0 radical (unpaired) electrons. The summed E-state index contributed by atoms with van der Waals surface area (Å²) in [6.45, 7) is 4.15. The molecule has 196 valence electrons. The van der Waals surface area contributed by atoms with Crippen LogP contribution >= 0.6 is 0 Å². The van der Waals surface area contributed by atoms with Crippen LogP contribution in [0.4, 0.5) is 4.39 Å². The first-order valence-electron chi connectivity index (χ1n) is 13.0. The van der Waals surface area contributed by atoms with Crippen LogP contribution in [-0.2, 0) is 20.9 Å². The normalized spacial score (nSPS) is 22.2. The van der Waals surface area contributed by atoms with Crippen LogP contribution in [0.5, 0.6) is 0 Å². The molecule has 0 N–H and O–H groups in total. The second kappa shape index (κ2) is 10.8. The summed E-state index contributed by atoms with van der Waals surface area (Å²) in [5, 5.41) is 0. The van der Waals surface area contributed by atoms with Crippen molar-refractivity contribution in [2.75, 3.05) is 32.8 Å². The van der Waals surface area contributed by atoms with Crippen LogP contribution in [-0.4, -0.2) is 71.3 Å². The first-order chi connectivity index (χ1) is 18.0. The van der Waals surface area contributed by atoms with Crippen molar-refractivity contribution in [3.05, 3.63) is 71.1 Å². The van der Waals surface area contributed by atoms with Gasteiger partial charge in [-0.15, -0.1) is 0 Å². The molecule has 2 amide bonds. The maximum Gasteiger partial charge on any atom is 0.345 e.